The van der Waals surface area contributed by atoms with Gasteiger partial charge in [-0.15, -0.1) is 0 Å². The average Bonchev–Trinajstić information content (AvgIpc) is 2.91. The predicted molar refractivity (Wildman–Crippen MR) is 162 cm³/mol. The second-order valence-electron chi connectivity index (χ2n) is 10.9. The molecule has 1 N–H and O–H groups in total. The summed E-state index contributed by atoms with van der Waals surface area (Å²) < 4.78 is 12.2. The smallest absolute Gasteiger partial charge is 0.331 e. The van der Waals surface area contributed by atoms with E-state index < -0.39 is 5.97 Å². The van der Waals surface area contributed by atoms with E-state index in [4.69, 9.17) is 9.47 Å². The zero-order valence-corrected chi connectivity index (χ0v) is 25.0. The summed E-state index contributed by atoms with van der Waals surface area (Å²) >= 11 is 0. The normalized spacial score (nSPS) is 11.6. The van der Waals surface area contributed by atoms with Gasteiger partial charge < -0.3 is 14.6 Å². The van der Waals surface area contributed by atoms with Gasteiger partial charge in [-0.3, -0.25) is 0 Å². The van der Waals surface area contributed by atoms with Crippen LogP contribution in [0.3, 0.4) is 0 Å². The lowest BCUT2D eigenvalue weighted by molar-refractivity contribution is -0.132. The van der Waals surface area contributed by atoms with E-state index in [0.717, 1.165) is 29.9 Å². The molecule has 0 fully saturated rings. The van der Waals surface area contributed by atoms with Gasteiger partial charge in [-0.1, -0.05) is 135 Å². The molecule has 1 rings (SSSR count). The Morgan fingerprint density at radius 1 is 0.632 bits per heavy atom. The van der Waals surface area contributed by atoms with Gasteiger partial charge in [0.25, 0.3) is 0 Å². The van der Waals surface area contributed by atoms with Crippen LogP contribution in [0.1, 0.15) is 155 Å². The Bertz CT molecular complexity index is 740. The first-order valence-electron chi connectivity index (χ1n) is 15.9. The van der Waals surface area contributed by atoms with Crippen molar-refractivity contribution in [3.8, 4) is 11.5 Å². The number of carboxylic acids is 1. The lowest BCUT2D eigenvalue weighted by Gasteiger charge is -2.14. The molecule has 0 saturated carbocycles. The summed E-state index contributed by atoms with van der Waals surface area (Å²) in [6, 6.07) is 5.75. The monoisotopic (exact) mass is 530 g/mol. The minimum absolute atomic E-state index is 0.310. The molecule has 0 spiro atoms. The highest BCUT2D eigenvalue weighted by atomic mass is 16.5. The molecule has 0 radical (unpaired) electrons. The molecule has 0 atom stereocenters. The Balaban J connectivity index is 2.39. The summed E-state index contributed by atoms with van der Waals surface area (Å²) in [6.45, 7) is 7.49. The van der Waals surface area contributed by atoms with E-state index in [0.29, 0.717) is 18.8 Å². The zero-order valence-electron chi connectivity index (χ0n) is 25.0. The Morgan fingerprint density at radius 3 is 1.45 bits per heavy atom. The molecule has 0 aliphatic rings. The van der Waals surface area contributed by atoms with E-state index >= 15 is 0 Å². The molecule has 0 aliphatic carbocycles. The Hall–Kier alpha value is -1.97. The van der Waals surface area contributed by atoms with Crippen molar-refractivity contribution < 1.29 is 19.4 Å². The molecule has 0 unspecified atom stereocenters. The minimum Gasteiger partial charge on any atom is -0.490 e. The van der Waals surface area contributed by atoms with Crippen molar-refractivity contribution in [3.63, 3.8) is 0 Å². The van der Waals surface area contributed by atoms with E-state index in [-0.39, 0.29) is 0 Å². The van der Waals surface area contributed by atoms with Crippen LogP contribution in [-0.4, -0.2) is 24.3 Å². The summed E-state index contributed by atoms with van der Waals surface area (Å²) in [6.07, 6.45) is 27.7. The number of ether oxygens (including phenoxy) is 2. The van der Waals surface area contributed by atoms with Gasteiger partial charge in [-0.05, 0) is 43.5 Å². The van der Waals surface area contributed by atoms with Gasteiger partial charge in [0.1, 0.15) is 0 Å². The Morgan fingerprint density at radius 2 is 1.03 bits per heavy atom. The van der Waals surface area contributed by atoms with Crippen molar-refractivity contribution in [1.29, 1.82) is 0 Å². The van der Waals surface area contributed by atoms with Gasteiger partial charge in [0, 0.05) is 5.57 Å². The number of aliphatic carboxylic acids is 1. The maximum Gasteiger partial charge on any atom is 0.331 e. The van der Waals surface area contributed by atoms with Gasteiger partial charge in [0.15, 0.2) is 11.5 Å². The van der Waals surface area contributed by atoms with Crippen LogP contribution in [-0.2, 0) is 4.79 Å². The third-order valence-electron chi connectivity index (χ3n) is 7.20. The first-order valence-corrected chi connectivity index (χ1v) is 15.9. The zero-order chi connectivity index (χ0) is 27.7. The van der Waals surface area contributed by atoms with Crippen LogP contribution >= 0.6 is 0 Å². The van der Waals surface area contributed by atoms with Gasteiger partial charge in [-0.25, -0.2) is 4.79 Å². The summed E-state index contributed by atoms with van der Waals surface area (Å²) in [5, 5.41) is 9.23. The first kappa shape index (κ1) is 34.1. The Labute approximate surface area is 234 Å². The fourth-order valence-electron chi connectivity index (χ4n) is 4.70. The summed E-state index contributed by atoms with van der Waals surface area (Å²) in [7, 11) is 0. The number of rotatable bonds is 26. The number of hydrogen-bond acceptors (Lipinski definition) is 3. The molecule has 0 aromatic heterocycles. The van der Waals surface area contributed by atoms with Crippen LogP contribution in [0, 0.1) is 0 Å². The minimum atomic E-state index is -0.904. The molecule has 0 aliphatic heterocycles. The largest absolute Gasteiger partial charge is 0.490 e. The number of carboxylic acid groups (broad SMARTS) is 1. The standard InChI is InChI=1S/C34H58O4/c1-4-6-8-10-12-14-16-18-20-22-26-37-32-25-24-31(28-30(3)34(35)36)29-33(32)38-27-23-21-19-17-15-13-11-9-7-5-2/h24-25,28-29H,4-23,26-27H2,1-3H3,(H,35,36)/b30-28+. The third-order valence-corrected chi connectivity index (χ3v) is 7.20. The quantitative estimate of drug-likeness (QED) is 0.0955. The van der Waals surface area contributed by atoms with Gasteiger partial charge in [0.2, 0.25) is 0 Å². The molecule has 4 heteroatoms. The maximum atomic E-state index is 11.2. The highest BCUT2D eigenvalue weighted by molar-refractivity contribution is 5.91. The third kappa shape index (κ3) is 18.3. The number of carbonyl (C=O) groups is 1. The fraction of sp³-hybridized carbons (Fsp3) is 0.735. The first-order chi connectivity index (χ1) is 18.6. The number of benzene rings is 1. The van der Waals surface area contributed by atoms with E-state index in [1.165, 1.54) is 116 Å². The molecule has 0 bridgehead atoms. The second kappa shape index (κ2) is 24.1. The summed E-state index contributed by atoms with van der Waals surface area (Å²) in [5.41, 5.74) is 1.14. The SMILES string of the molecule is CCCCCCCCCCCCOc1ccc(/C=C(\C)C(=O)O)cc1OCCCCCCCCCCCC. The topological polar surface area (TPSA) is 55.8 Å². The summed E-state index contributed by atoms with van der Waals surface area (Å²) in [4.78, 5) is 11.2. The van der Waals surface area contributed by atoms with Crippen molar-refractivity contribution in [3.05, 3.63) is 29.3 Å². The van der Waals surface area contributed by atoms with Crippen molar-refractivity contribution >= 4 is 12.0 Å². The van der Waals surface area contributed by atoms with Crippen LogP contribution in [0.2, 0.25) is 0 Å². The van der Waals surface area contributed by atoms with Crippen LogP contribution in [0.25, 0.3) is 6.08 Å². The van der Waals surface area contributed by atoms with Gasteiger partial charge >= 0.3 is 5.97 Å². The van der Waals surface area contributed by atoms with Gasteiger partial charge in [-0.2, -0.15) is 0 Å². The number of hydrogen-bond donors (Lipinski definition) is 1. The lowest BCUT2D eigenvalue weighted by Crippen LogP contribution is -2.03. The average molecular weight is 531 g/mol. The van der Waals surface area contributed by atoms with Crippen LogP contribution < -0.4 is 9.47 Å². The molecule has 38 heavy (non-hydrogen) atoms. The van der Waals surface area contributed by atoms with E-state index in [9.17, 15) is 9.90 Å². The van der Waals surface area contributed by atoms with Crippen molar-refractivity contribution in [2.75, 3.05) is 13.2 Å². The molecule has 0 amide bonds. The van der Waals surface area contributed by atoms with Crippen molar-refractivity contribution in [2.24, 2.45) is 0 Å². The van der Waals surface area contributed by atoms with Crippen LogP contribution in [0.15, 0.2) is 23.8 Å². The molecule has 4 nitrogen and oxygen atoms in total. The second-order valence-corrected chi connectivity index (χ2v) is 10.9. The maximum absolute atomic E-state index is 11.2. The molecule has 218 valence electrons. The lowest BCUT2D eigenvalue weighted by atomic mass is 10.1. The van der Waals surface area contributed by atoms with E-state index in [2.05, 4.69) is 13.8 Å². The fourth-order valence-corrected chi connectivity index (χ4v) is 4.70. The van der Waals surface area contributed by atoms with Crippen LogP contribution in [0.5, 0.6) is 11.5 Å². The summed E-state index contributed by atoms with van der Waals surface area (Å²) in [5.74, 6) is 0.581. The molecule has 0 saturated heterocycles. The molecule has 1 aromatic rings. The predicted octanol–water partition coefficient (Wildman–Crippen LogP) is 10.8. The van der Waals surface area contributed by atoms with Crippen LogP contribution in [0.4, 0.5) is 0 Å². The Kier molecular flexibility index (Phi) is 21.6. The van der Waals surface area contributed by atoms with Gasteiger partial charge in [0.05, 0.1) is 13.2 Å². The molecular formula is C34H58O4. The van der Waals surface area contributed by atoms with Crippen molar-refractivity contribution in [2.45, 2.75) is 149 Å². The molecule has 0 heterocycles. The number of unbranched alkanes of at least 4 members (excludes halogenated alkanes) is 18. The van der Waals surface area contributed by atoms with E-state index in [1.807, 2.05) is 18.2 Å². The molecular weight excluding hydrogens is 472 g/mol. The van der Waals surface area contributed by atoms with E-state index in [1.54, 1.807) is 13.0 Å². The highest BCUT2D eigenvalue weighted by Gasteiger charge is 2.08. The highest BCUT2D eigenvalue weighted by Crippen LogP contribution is 2.30. The molecule has 1 aromatic carbocycles. The van der Waals surface area contributed by atoms with Crippen molar-refractivity contribution in [1.82, 2.24) is 0 Å².